The number of carbonyl (C=O) groups excluding carboxylic acids is 2. The first-order chi connectivity index (χ1) is 21.6. The lowest BCUT2D eigenvalue weighted by Crippen LogP contribution is -2.49. The van der Waals surface area contributed by atoms with Gasteiger partial charge in [0, 0.05) is 28.3 Å². The summed E-state index contributed by atoms with van der Waals surface area (Å²) in [6, 6.07) is 5.62. The zero-order valence-corrected chi connectivity index (χ0v) is 24.9. The molecule has 16 heteroatoms. The van der Waals surface area contributed by atoms with E-state index in [0.29, 0.717) is 4.68 Å². The molecule has 0 bridgehead atoms. The van der Waals surface area contributed by atoms with E-state index < -0.39 is 63.9 Å². The number of aliphatic hydroxyl groups is 1. The quantitative estimate of drug-likeness (QED) is 0.174. The van der Waals surface area contributed by atoms with Crippen molar-refractivity contribution in [3.63, 3.8) is 0 Å². The molecule has 4 N–H and O–H groups in total. The SMILES string of the molecule is COc1cc(C(=O)NCC(O)(c2cc3c(c(-c4ccc(F)c(Cl)c4F)n2)OC[C@]3(C)C(N)=O)C2(F)CC2)cc2cn(C(F)F)nc12. The summed E-state index contributed by atoms with van der Waals surface area (Å²) in [5.74, 6) is -4.05. The highest BCUT2D eigenvalue weighted by Gasteiger charge is 2.62. The van der Waals surface area contributed by atoms with E-state index in [1.807, 2.05) is 0 Å². The number of benzene rings is 2. The van der Waals surface area contributed by atoms with E-state index in [-0.39, 0.29) is 64.2 Å². The number of nitrogens with one attached hydrogen (secondary N) is 1. The van der Waals surface area contributed by atoms with Crippen LogP contribution in [0.15, 0.2) is 36.5 Å². The molecule has 1 aliphatic carbocycles. The second kappa shape index (κ2) is 10.8. The number of rotatable bonds is 9. The number of methoxy groups -OCH3 is 1. The molecule has 1 aliphatic heterocycles. The molecule has 0 radical (unpaired) electrons. The molecule has 10 nitrogen and oxygen atoms in total. The molecular weight excluding hydrogens is 641 g/mol. The van der Waals surface area contributed by atoms with Gasteiger partial charge in [-0.3, -0.25) is 9.59 Å². The summed E-state index contributed by atoms with van der Waals surface area (Å²) in [7, 11) is 1.26. The predicted octanol–water partition coefficient (Wildman–Crippen LogP) is 4.69. The molecule has 2 aromatic heterocycles. The van der Waals surface area contributed by atoms with Gasteiger partial charge in [-0.15, -0.1) is 0 Å². The van der Waals surface area contributed by atoms with Crippen molar-refractivity contribution < 1.29 is 46.1 Å². The molecule has 1 fully saturated rings. The Kier molecular flexibility index (Phi) is 7.39. The molecule has 2 atom stereocenters. The van der Waals surface area contributed by atoms with E-state index >= 15 is 8.78 Å². The van der Waals surface area contributed by atoms with Crippen molar-refractivity contribution in [1.82, 2.24) is 20.1 Å². The maximum Gasteiger partial charge on any atom is 0.333 e. The Labute approximate surface area is 262 Å². The Morgan fingerprint density at radius 2 is 1.98 bits per heavy atom. The molecule has 1 unspecified atom stereocenters. The monoisotopic (exact) mass is 665 g/mol. The lowest BCUT2D eigenvalue weighted by atomic mass is 9.80. The number of halogens is 6. The lowest BCUT2D eigenvalue weighted by Gasteiger charge is -2.33. The van der Waals surface area contributed by atoms with E-state index in [1.54, 1.807) is 0 Å². The highest BCUT2D eigenvalue weighted by atomic mass is 35.5. The van der Waals surface area contributed by atoms with Crippen LogP contribution in [0.2, 0.25) is 5.02 Å². The van der Waals surface area contributed by atoms with Gasteiger partial charge in [-0.25, -0.2) is 22.8 Å². The average molecular weight is 666 g/mol. The third-order valence-electron chi connectivity index (χ3n) is 8.54. The molecule has 2 aromatic carbocycles. The summed E-state index contributed by atoms with van der Waals surface area (Å²) in [4.78, 5) is 30.2. The molecule has 2 aliphatic rings. The van der Waals surface area contributed by atoms with E-state index in [9.17, 15) is 27.9 Å². The van der Waals surface area contributed by atoms with Crippen LogP contribution in [-0.2, 0) is 15.8 Å². The van der Waals surface area contributed by atoms with Crippen molar-refractivity contribution in [3.05, 3.63) is 70.0 Å². The second-order valence-corrected chi connectivity index (χ2v) is 11.8. The summed E-state index contributed by atoms with van der Waals surface area (Å²) >= 11 is 5.82. The van der Waals surface area contributed by atoms with Crippen molar-refractivity contribution in [2.75, 3.05) is 20.3 Å². The van der Waals surface area contributed by atoms with Gasteiger partial charge < -0.3 is 25.6 Å². The molecule has 2 amide bonds. The van der Waals surface area contributed by atoms with Gasteiger partial charge in [-0.2, -0.15) is 13.9 Å². The zero-order chi connectivity index (χ0) is 33.3. The molecule has 6 rings (SSSR count). The normalized spacial score (nSPS) is 19.4. The van der Waals surface area contributed by atoms with Gasteiger partial charge in [0.15, 0.2) is 11.4 Å². The minimum atomic E-state index is -2.95. The number of carbonyl (C=O) groups is 2. The number of amides is 2. The Hall–Kier alpha value is -4.50. The smallest absolute Gasteiger partial charge is 0.333 e. The van der Waals surface area contributed by atoms with Crippen molar-refractivity contribution in [3.8, 4) is 22.8 Å². The summed E-state index contributed by atoms with van der Waals surface area (Å²) in [6.07, 6.45) is 0.742. The average Bonchev–Trinajstić information content (AvgIpc) is 3.48. The molecule has 46 heavy (non-hydrogen) atoms. The molecule has 3 heterocycles. The summed E-state index contributed by atoms with van der Waals surface area (Å²) in [5.41, 5.74) is -1.74. The highest BCUT2D eigenvalue weighted by molar-refractivity contribution is 6.31. The van der Waals surface area contributed by atoms with Crippen LogP contribution in [0, 0.1) is 11.6 Å². The number of alkyl halides is 3. The Balaban J connectivity index is 1.44. The number of hydrogen-bond donors (Lipinski definition) is 3. The summed E-state index contributed by atoms with van der Waals surface area (Å²) in [5, 5.41) is 17.5. The molecule has 0 spiro atoms. The zero-order valence-electron chi connectivity index (χ0n) is 24.1. The van der Waals surface area contributed by atoms with Crippen molar-refractivity contribution in [2.45, 2.75) is 43.0 Å². The predicted molar refractivity (Wildman–Crippen MR) is 153 cm³/mol. The minimum Gasteiger partial charge on any atom is -0.494 e. The van der Waals surface area contributed by atoms with Crippen LogP contribution in [0.3, 0.4) is 0 Å². The number of ether oxygens (including phenoxy) is 2. The Morgan fingerprint density at radius 1 is 1.26 bits per heavy atom. The fourth-order valence-corrected chi connectivity index (χ4v) is 5.68. The van der Waals surface area contributed by atoms with Crippen LogP contribution in [0.5, 0.6) is 11.5 Å². The number of hydrogen-bond acceptors (Lipinski definition) is 7. The van der Waals surface area contributed by atoms with Gasteiger partial charge in [-0.05, 0) is 50.1 Å². The molecule has 242 valence electrons. The van der Waals surface area contributed by atoms with Gasteiger partial charge in [0.2, 0.25) is 5.91 Å². The van der Waals surface area contributed by atoms with Crippen molar-refractivity contribution in [1.29, 1.82) is 0 Å². The number of pyridine rings is 1. The van der Waals surface area contributed by atoms with Crippen molar-refractivity contribution in [2.24, 2.45) is 5.73 Å². The Morgan fingerprint density at radius 3 is 2.61 bits per heavy atom. The first-order valence-electron chi connectivity index (χ1n) is 13.8. The maximum absolute atomic E-state index is 16.1. The van der Waals surface area contributed by atoms with Crippen LogP contribution in [0.25, 0.3) is 22.2 Å². The number of fused-ring (bicyclic) bond motifs is 2. The van der Waals surface area contributed by atoms with E-state index in [2.05, 4.69) is 15.4 Å². The topological polar surface area (TPSA) is 142 Å². The summed E-state index contributed by atoms with van der Waals surface area (Å²) in [6.45, 7) is -2.58. The Bertz CT molecular complexity index is 1940. The highest BCUT2D eigenvalue weighted by Crippen LogP contribution is 2.55. The molecular formula is C30H25ClF5N5O5. The van der Waals surface area contributed by atoms with Crippen LogP contribution in [0.1, 0.15) is 47.9 Å². The number of aromatic nitrogens is 3. The maximum atomic E-state index is 16.1. The number of nitrogens with zero attached hydrogens (tertiary/aromatic N) is 3. The fraction of sp³-hybridized carbons (Fsp3) is 0.333. The van der Waals surface area contributed by atoms with E-state index in [1.165, 1.54) is 32.2 Å². The first-order valence-corrected chi connectivity index (χ1v) is 14.2. The number of nitrogens with two attached hydrogens (primary N) is 1. The van der Waals surface area contributed by atoms with Gasteiger partial charge in [0.05, 0.1) is 19.3 Å². The van der Waals surface area contributed by atoms with E-state index in [0.717, 1.165) is 18.3 Å². The third-order valence-corrected chi connectivity index (χ3v) is 8.89. The van der Waals surface area contributed by atoms with Crippen LogP contribution >= 0.6 is 11.6 Å². The van der Waals surface area contributed by atoms with Crippen molar-refractivity contribution >= 4 is 34.3 Å². The first kappa shape index (κ1) is 31.5. The lowest BCUT2D eigenvalue weighted by molar-refractivity contribution is -0.123. The third kappa shape index (κ3) is 4.80. The van der Waals surface area contributed by atoms with E-state index in [4.69, 9.17) is 26.8 Å². The molecule has 4 aromatic rings. The van der Waals surface area contributed by atoms with Crippen LogP contribution < -0.4 is 20.5 Å². The van der Waals surface area contributed by atoms with Crippen LogP contribution in [-0.4, -0.2) is 57.6 Å². The van der Waals surface area contributed by atoms with Gasteiger partial charge >= 0.3 is 6.55 Å². The number of primary amides is 1. The van der Waals surface area contributed by atoms with Gasteiger partial charge in [0.1, 0.15) is 51.2 Å². The molecule has 1 saturated carbocycles. The fourth-order valence-electron chi connectivity index (χ4n) is 5.51. The van der Waals surface area contributed by atoms with Gasteiger partial charge in [0.25, 0.3) is 5.91 Å². The minimum absolute atomic E-state index is 0.0112. The van der Waals surface area contributed by atoms with Gasteiger partial charge in [-0.1, -0.05) is 11.6 Å². The summed E-state index contributed by atoms with van der Waals surface area (Å²) < 4.78 is 83.2. The van der Waals surface area contributed by atoms with Crippen LogP contribution in [0.4, 0.5) is 22.0 Å². The molecule has 0 saturated heterocycles. The largest absolute Gasteiger partial charge is 0.494 e. The standard InChI is InChI=1S/C30H25ClF5N5O5/c1-28(26(37)43)12-46-24-16(28)9-19(39-23(24)15-3-4-17(32)20(31)21(15)33)30(44,29(36)5-6-29)11-38-25(42)13-7-14-10-41(27(34)35)40-22(14)18(8-13)45-2/h3-4,7-10,27,44H,5-6,11-12H2,1-2H3,(H2,37,43)(H,38,42)/t28-,30?/m0/s1. The second-order valence-electron chi connectivity index (χ2n) is 11.5.